The van der Waals surface area contributed by atoms with Gasteiger partial charge in [-0.05, 0) is 55.4 Å². The molecule has 19 heavy (non-hydrogen) atoms. The first-order valence-corrected chi connectivity index (χ1v) is 7.37. The van der Waals surface area contributed by atoms with Crippen LogP contribution in [0.5, 0.6) is 0 Å². The Morgan fingerprint density at radius 1 is 1.16 bits per heavy atom. The van der Waals surface area contributed by atoms with Gasteiger partial charge in [-0.25, -0.2) is 0 Å². The Hall–Kier alpha value is -1.35. The number of nitrogens with one attached hydrogen (secondary N) is 1. The van der Waals surface area contributed by atoms with Crippen molar-refractivity contribution < 1.29 is 4.79 Å². The molecule has 0 unspecified atom stereocenters. The van der Waals surface area contributed by atoms with Crippen molar-refractivity contribution in [3.63, 3.8) is 0 Å². The molecule has 1 saturated carbocycles. The van der Waals surface area contributed by atoms with Gasteiger partial charge in [0.15, 0.2) is 0 Å². The van der Waals surface area contributed by atoms with Crippen LogP contribution in [0.3, 0.4) is 0 Å². The largest absolute Gasteiger partial charge is 0.329 e. The molecular weight excluding hydrogens is 236 g/mol. The SMILES string of the molecule is NCC1(C(=O)Nc2ccc3c(c2)CCC3)CCCC1. The number of carbonyl (C=O) groups is 1. The fraction of sp³-hybridized carbons (Fsp3) is 0.562. The van der Waals surface area contributed by atoms with Crippen molar-refractivity contribution in [2.75, 3.05) is 11.9 Å². The van der Waals surface area contributed by atoms with Crippen molar-refractivity contribution in [3.8, 4) is 0 Å². The van der Waals surface area contributed by atoms with Gasteiger partial charge in [-0.2, -0.15) is 0 Å². The van der Waals surface area contributed by atoms with E-state index in [0.29, 0.717) is 6.54 Å². The minimum Gasteiger partial charge on any atom is -0.329 e. The summed E-state index contributed by atoms with van der Waals surface area (Å²) in [5.74, 6) is 0.116. The molecule has 1 aromatic rings. The predicted octanol–water partition coefficient (Wildman–Crippen LogP) is 2.63. The number of hydrogen-bond donors (Lipinski definition) is 2. The second-order valence-electron chi connectivity index (χ2n) is 5.98. The first-order chi connectivity index (χ1) is 9.23. The monoisotopic (exact) mass is 258 g/mol. The maximum absolute atomic E-state index is 12.5. The third-order valence-corrected chi connectivity index (χ3v) is 4.79. The second kappa shape index (κ2) is 4.97. The number of amides is 1. The van der Waals surface area contributed by atoms with Crippen LogP contribution in [0.1, 0.15) is 43.2 Å². The Labute approximate surface area is 114 Å². The van der Waals surface area contributed by atoms with Gasteiger partial charge < -0.3 is 11.1 Å². The lowest BCUT2D eigenvalue weighted by atomic mass is 9.85. The lowest BCUT2D eigenvalue weighted by molar-refractivity contribution is -0.124. The Bertz CT molecular complexity index is 490. The van der Waals surface area contributed by atoms with Crippen molar-refractivity contribution in [1.82, 2.24) is 0 Å². The average molecular weight is 258 g/mol. The van der Waals surface area contributed by atoms with E-state index in [1.54, 1.807) is 0 Å². The fourth-order valence-electron chi connectivity index (χ4n) is 3.49. The van der Waals surface area contributed by atoms with Crippen molar-refractivity contribution in [3.05, 3.63) is 29.3 Å². The van der Waals surface area contributed by atoms with E-state index in [1.807, 2.05) is 6.07 Å². The zero-order valence-corrected chi connectivity index (χ0v) is 11.4. The van der Waals surface area contributed by atoms with E-state index in [9.17, 15) is 4.79 Å². The van der Waals surface area contributed by atoms with Gasteiger partial charge in [0.1, 0.15) is 0 Å². The van der Waals surface area contributed by atoms with Crippen LogP contribution in [0.15, 0.2) is 18.2 Å². The van der Waals surface area contributed by atoms with Gasteiger partial charge >= 0.3 is 0 Å². The zero-order valence-electron chi connectivity index (χ0n) is 11.4. The van der Waals surface area contributed by atoms with Crippen LogP contribution < -0.4 is 11.1 Å². The van der Waals surface area contributed by atoms with Crippen LogP contribution in [-0.2, 0) is 17.6 Å². The third kappa shape index (κ3) is 2.27. The predicted molar refractivity (Wildman–Crippen MR) is 77.1 cm³/mol. The highest BCUT2D eigenvalue weighted by atomic mass is 16.2. The third-order valence-electron chi connectivity index (χ3n) is 4.79. The van der Waals surface area contributed by atoms with E-state index in [4.69, 9.17) is 5.73 Å². The number of hydrogen-bond acceptors (Lipinski definition) is 2. The summed E-state index contributed by atoms with van der Waals surface area (Å²) in [7, 11) is 0. The van der Waals surface area contributed by atoms with Gasteiger partial charge in [-0.15, -0.1) is 0 Å². The molecule has 3 nitrogen and oxygen atoms in total. The summed E-state index contributed by atoms with van der Waals surface area (Å²) < 4.78 is 0. The van der Waals surface area contributed by atoms with E-state index < -0.39 is 0 Å². The van der Waals surface area contributed by atoms with E-state index >= 15 is 0 Å². The lowest BCUT2D eigenvalue weighted by Crippen LogP contribution is -2.40. The number of benzene rings is 1. The molecule has 3 rings (SSSR count). The molecule has 0 aliphatic heterocycles. The van der Waals surface area contributed by atoms with Crippen LogP contribution in [0.25, 0.3) is 0 Å². The molecule has 102 valence electrons. The first kappa shape index (κ1) is 12.7. The van der Waals surface area contributed by atoms with E-state index in [2.05, 4.69) is 17.4 Å². The van der Waals surface area contributed by atoms with E-state index in [-0.39, 0.29) is 11.3 Å². The summed E-state index contributed by atoms with van der Waals surface area (Å²) in [5.41, 5.74) is 9.30. The maximum Gasteiger partial charge on any atom is 0.231 e. The van der Waals surface area contributed by atoms with Crippen LogP contribution in [0, 0.1) is 5.41 Å². The van der Waals surface area contributed by atoms with Gasteiger partial charge in [0.25, 0.3) is 0 Å². The van der Waals surface area contributed by atoms with Crippen LogP contribution in [-0.4, -0.2) is 12.5 Å². The molecule has 0 aromatic heterocycles. The molecule has 0 radical (unpaired) electrons. The molecule has 2 aliphatic rings. The Balaban J connectivity index is 1.76. The quantitative estimate of drug-likeness (QED) is 0.875. The standard InChI is InChI=1S/C16H22N2O/c17-11-16(8-1-2-9-16)15(19)18-14-7-6-12-4-3-5-13(12)10-14/h6-7,10H,1-5,8-9,11,17H2,(H,18,19). The smallest absolute Gasteiger partial charge is 0.231 e. The lowest BCUT2D eigenvalue weighted by Gasteiger charge is -2.25. The highest BCUT2D eigenvalue weighted by Gasteiger charge is 2.39. The molecule has 0 atom stereocenters. The highest BCUT2D eigenvalue weighted by molar-refractivity contribution is 5.95. The molecule has 0 heterocycles. The summed E-state index contributed by atoms with van der Waals surface area (Å²) >= 11 is 0. The molecule has 1 amide bonds. The summed E-state index contributed by atoms with van der Waals surface area (Å²) in [6.07, 6.45) is 7.65. The Kier molecular flexibility index (Phi) is 3.31. The van der Waals surface area contributed by atoms with E-state index in [0.717, 1.165) is 37.8 Å². The molecule has 0 bridgehead atoms. The summed E-state index contributed by atoms with van der Waals surface area (Å²) in [6, 6.07) is 6.32. The molecule has 0 spiro atoms. The molecule has 0 saturated heterocycles. The molecule has 1 aromatic carbocycles. The van der Waals surface area contributed by atoms with Crippen molar-refractivity contribution >= 4 is 11.6 Å². The average Bonchev–Trinajstić information content (AvgIpc) is 3.07. The van der Waals surface area contributed by atoms with Gasteiger partial charge in [-0.1, -0.05) is 18.9 Å². The highest BCUT2D eigenvalue weighted by Crippen LogP contribution is 2.38. The maximum atomic E-state index is 12.5. The summed E-state index contributed by atoms with van der Waals surface area (Å²) in [6.45, 7) is 0.462. The minimum absolute atomic E-state index is 0.116. The van der Waals surface area contributed by atoms with E-state index in [1.165, 1.54) is 24.0 Å². The Morgan fingerprint density at radius 3 is 2.63 bits per heavy atom. The normalized spacial score (nSPS) is 20.3. The van der Waals surface area contributed by atoms with Crippen LogP contribution >= 0.6 is 0 Å². The first-order valence-electron chi connectivity index (χ1n) is 7.37. The minimum atomic E-state index is -0.320. The molecule has 3 N–H and O–H groups in total. The number of rotatable bonds is 3. The van der Waals surface area contributed by atoms with Gasteiger partial charge in [-0.3, -0.25) is 4.79 Å². The molecule has 3 heteroatoms. The van der Waals surface area contributed by atoms with Gasteiger partial charge in [0, 0.05) is 12.2 Å². The topological polar surface area (TPSA) is 55.1 Å². The number of nitrogens with two attached hydrogens (primary N) is 1. The van der Waals surface area contributed by atoms with Crippen LogP contribution in [0.4, 0.5) is 5.69 Å². The molecule has 1 fully saturated rings. The van der Waals surface area contributed by atoms with Crippen molar-refractivity contribution in [2.24, 2.45) is 11.1 Å². The number of carbonyl (C=O) groups excluding carboxylic acids is 1. The second-order valence-corrected chi connectivity index (χ2v) is 5.98. The Morgan fingerprint density at radius 2 is 1.89 bits per heavy atom. The number of aryl methyl sites for hydroxylation is 2. The van der Waals surface area contributed by atoms with Crippen LogP contribution in [0.2, 0.25) is 0 Å². The summed E-state index contributed by atoms with van der Waals surface area (Å²) in [4.78, 5) is 12.5. The van der Waals surface area contributed by atoms with Crippen molar-refractivity contribution in [2.45, 2.75) is 44.9 Å². The fourth-order valence-corrected chi connectivity index (χ4v) is 3.49. The van der Waals surface area contributed by atoms with Crippen molar-refractivity contribution in [1.29, 1.82) is 0 Å². The van der Waals surface area contributed by atoms with Gasteiger partial charge in [0.05, 0.1) is 5.41 Å². The molecule has 2 aliphatic carbocycles. The zero-order chi connectivity index (χ0) is 13.3. The van der Waals surface area contributed by atoms with Gasteiger partial charge in [0.2, 0.25) is 5.91 Å². The molecular formula is C16H22N2O. The number of fused-ring (bicyclic) bond motifs is 1. The number of anilines is 1. The summed E-state index contributed by atoms with van der Waals surface area (Å²) in [5, 5.41) is 3.09.